The van der Waals surface area contributed by atoms with Gasteiger partial charge in [0.25, 0.3) is 0 Å². The number of halogens is 1. The van der Waals surface area contributed by atoms with Crippen LogP contribution in [0.1, 0.15) is 18.9 Å². The molecule has 0 fully saturated rings. The first-order valence-corrected chi connectivity index (χ1v) is 7.49. The fourth-order valence-corrected chi connectivity index (χ4v) is 2.23. The molecule has 4 nitrogen and oxygen atoms in total. The van der Waals surface area contributed by atoms with Crippen molar-refractivity contribution >= 4 is 27.7 Å². The Morgan fingerprint density at radius 3 is 2.70 bits per heavy atom. The van der Waals surface area contributed by atoms with Gasteiger partial charge in [-0.25, -0.2) is 4.98 Å². The van der Waals surface area contributed by atoms with Crippen molar-refractivity contribution in [2.75, 3.05) is 17.7 Å². The molecule has 1 aromatic carbocycles. The molecule has 0 aliphatic rings. The van der Waals surface area contributed by atoms with Crippen LogP contribution in [0.15, 0.2) is 41.0 Å². The van der Waals surface area contributed by atoms with E-state index in [0.717, 1.165) is 23.1 Å². The summed E-state index contributed by atoms with van der Waals surface area (Å²) in [6, 6.07) is 10.9. The SMILES string of the molecule is CNc1ncc(Br)c(NC(C)CCc2ccccc2)n1. The minimum atomic E-state index is 0.339. The van der Waals surface area contributed by atoms with Crippen molar-refractivity contribution < 1.29 is 0 Å². The minimum Gasteiger partial charge on any atom is -0.367 e. The standard InChI is InChI=1S/C15H19BrN4/c1-11(8-9-12-6-4-3-5-7-12)19-14-13(16)10-18-15(17-2)20-14/h3-7,10-11H,8-9H2,1-2H3,(H2,17,18,19,20). The van der Waals surface area contributed by atoms with Crippen LogP contribution in [0.2, 0.25) is 0 Å². The van der Waals surface area contributed by atoms with Gasteiger partial charge in [0.1, 0.15) is 5.82 Å². The van der Waals surface area contributed by atoms with Crippen LogP contribution in [-0.4, -0.2) is 23.1 Å². The van der Waals surface area contributed by atoms with Crippen LogP contribution >= 0.6 is 15.9 Å². The molecule has 0 spiro atoms. The first kappa shape index (κ1) is 14.8. The first-order chi connectivity index (χ1) is 9.69. The highest BCUT2D eigenvalue weighted by molar-refractivity contribution is 9.10. The highest BCUT2D eigenvalue weighted by Crippen LogP contribution is 2.21. The molecule has 0 radical (unpaired) electrons. The molecule has 5 heteroatoms. The van der Waals surface area contributed by atoms with Crippen LogP contribution in [-0.2, 0) is 6.42 Å². The summed E-state index contributed by atoms with van der Waals surface area (Å²) < 4.78 is 0.878. The van der Waals surface area contributed by atoms with E-state index in [2.05, 4.69) is 67.7 Å². The quantitative estimate of drug-likeness (QED) is 0.845. The zero-order valence-corrected chi connectivity index (χ0v) is 13.3. The van der Waals surface area contributed by atoms with Crippen molar-refractivity contribution in [3.8, 4) is 0 Å². The molecule has 0 aliphatic carbocycles. The Hall–Kier alpha value is -1.62. The summed E-state index contributed by atoms with van der Waals surface area (Å²) in [6.07, 6.45) is 3.86. The Bertz CT molecular complexity index is 545. The van der Waals surface area contributed by atoms with Crippen LogP contribution in [0.3, 0.4) is 0 Å². The summed E-state index contributed by atoms with van der Waals surface area (Å²) in [5.74, 6) is 1.44. The van der Waals surface area contributed by atoms with Gasteiger partial charge in [0, 0.05) is 19.3 Å². The molecule has 20 heavy (non-hydrogen) atoms. The predicted octanol–water partition coefficient (Wildman–Crippen LogP) is 3.71. The number of rotatable bonds is 6. The van der Waals surface area contributed by atoms with Gasteiger partial charge in [-0.3, -0.25) is 0 Å². The Morgan fingerprint density at radius 2 is 2.00 bits per heavy atom. The number of benzene rings is 1. The van der Waals surface area contributed by atoms with Gasteiger partial charge in [0.05, 0.1) is 4.47 Å². The summed E-state index contributed by atoms with van der Waals surface area (Å²) in [7, 11) is 1.81. The number of aryl methyl sites for hydroxylation is 1. The van der Waals surface area contributed by atoms with E-state index in [-0.39, 0.29) is 0 Å². The second-order valence-electron chi connectivity index (χ2n) is 4.71. The Morgan fingerprint density at radius 1 is 1.25 bits per heavy atom. The van der Waals surface area contributed by atoms with Gasteiger partial charge in [0.2, 0.25) is 5.95 Å². The van der Waals surface area contributed by atoms with E-state index in [4.69, 9.17) is 0 Å². The smallest absolute Gasteiger partial charge is 0.224 e. The molecule has 0 saturated heterocycles. The lowest BCUT2D eigenvalue weighted by Crippen LogP contribution is -2.17. The summed E-state index contributed by atoms with van der Waals surface area (Å²) in [6.45, 7) is 2.16. The van der Waals surface area contributed by atoms with E-state index in [9.17, 15) is 0 Å². The van der Waals surface area contributed by atoms with E-state index in [1.165, 1.54) is 5.56 Å². The number of nitrogens with zero attached hydrogens (tertiary/aromatic N) is 2. The molecule has 2 N–H and O–H groups in total. The van der Waals surface area contributed by atoms with Gasteiger partial charge in [-0.05, 0) is 41.3 Å². The van der Waals surface area contributed by atoms with Crippen molar-refractivity contribution in [2.45, 2.75) is 25.8 Å². The predicted molar refractivity (Wildman–Crippen MR) is 87.1 cm³/mol. The highest BCUT2D eigenvalue weighted by atomic mass is 79.9. The molecule has 1 atom stereocenters. The lowest BCUT2D eigenvalue weighted by Gasteiger charge is -2.16. The fraction of sp³-hybridized carbons (Fsp3) is 0.333. The normalized spacial score (nSPS) is 11.9. The van der Waals surface area contributed by atoms with Gasteiger partial charge in [-0.15, -0.1) is 0 Å². The lowest BCUT2D eigenvalue weighted by molar-refractivity contribution is 0.702. The van der Waals surface area contributed by atoms with Crippen LogP contribution in [0.4, 0.5) is 11.8 Å². The van der Waals surface area contributed by atoms with Crippen molar-refractivity contribution in [3.05, 3.63) is 46.6 Å². The van der Waals surface area contributed by atoms with E-state index in [1.807, 2.05) is 13.1 Å². The maximum atomic E-state index is 4.41. The van der Waals surface area contributed by atoms with E-state index >= 15 is 0 Å². The third kappa shape index (κ3) is 4.20. The number of anilines is 2. The summed E-state index contributed by atoms with van der Waals surface area (Å²) >= 11 is 3.47. The van der Waals surface area contributed by atoms with Crippen LogP contribution in [0.25, 0.3) is 0 Å². The third-order valence-corrected chi connectivity index (χ3v) is 3.64. The molecule has 0 saturated carbocycles. The molecule has 1 aromatic heterocycles. The number of hydrogen-bond acceptors (Lipinski definition) is 4. The average molecular weight is 335 g/mol. The van der Waals surface area contributed by atoms with Gasteiger partial charge in [-0.2, -0.15) is 4.98 Å². The molecular formula is C15H19BrN4. The van der Waals surface area contributed by atoms with Crippen LogP contribution in [0.5, 0.6) is 0 Å². The molecule has 1 unspecified atom stereocenters. The first-order valence-electron chi connectivity index (χ1n) is 6.70. The maximum absolute atomic E-state index is 4.41. The van der Waals surface area contributed by atoms with Gasteiger partial charge < -0.3 is 10.6 Å². The molecular weight excluding hydrogens is 316 g/mol. The van der Waals surface area contributed by atoms with Gasteiger partial charge >= 0.3 is 0 Å². The monoisotopic (exact) mass is 334 g/mol. The zero-order chi connectivity index (χ0) is 14.4. The molecule has 1 heterocycles. The Balaban J connectivity index is 1.92. The summed E-state index contributed by atoms with van der Waals surface area (Å²) in [4.78, 5) is 8.55. The fourth-order valence-electron chi connectivity index (χ4n) is 1.92. The van der Waals surface area contributed by atoms with Gasteiger partial charge in [0.15, 0.2) is 0 Å². The summed E-state index contributed by atoms with van der Waals surface area (Å²) in [5, 5.41) is 6.36. The Labute approximate surface area is 128 Å². The maximum Gasteiger partial charge on any atom is 0.224 e. The number of aromatic nitrogens is 2. The van der Waals surface area contributed by atoms with E-state index in [0.29, 0.717) is 12.0 Å². The highest BCUT2D eigenvalue weighted by Gasteiger charge is 2.08. The molecule has 2 rings (SSSR count). The minimum absolute atomic E-state index is 0.339. The Kier molecular flexibility index (Phi) is 5.35. The third-order valence-electron chi connectivity index (χ3n) is 3.06. The molecule has 0 amide bonds. The van der Waals surface area contributed by atoms with Crippen LogP contribution in [0, 0.1) is 0 Å². The van der Waals surface area contributed by atoms with Crippen molar-refractivity contribution in [3.63, 3.8) is 0 Å². The zero-order valence-electron chi connectivity index (χ0n) is 11.7. The summed E-state index contributed by atoms with van der Waals surface area (Å²) in [5.41, 5.74) is 1.36. The average Bonchev–Trinajstić information content (AvgIpc) is 2.48. The van der Waals surface area contributed by atoms with Crippen LogP contribution < -0.4 is 10.6 Å². The molecule has 0 aliphatic heterocycles. The van der Waals surface area contributed by atoms with E-state index in [1.54, 1.807) is 6.20 Å². The molecule has 2 aromatic rings. The lowest BCUT2D eigenvalue weighted by atomic mass is 10.1. The number of nitrogens with one attached hydrogen (secondary N) is 2. The van der Waals surface area contributed by atoms with Gasteiger partial charge in [-0.1, -0.05) is 30.3 Å². The number of hydrogen-bond donors (Lipinski definition) is 2. The largest absolute Gasteiger partial charge is 0.367 e. The van der Waals surface area contributed by atoms with Crippen molar-refractivity contribution in [1.82, 2.24) is 9.97 Å². The van der Waals surface area contributed by atoms with E-state index < -0.39 is 0 Å². The topological polar surface area (TPSA) is 49.8 Å². The van der Waals surface area contributed by atoms with Crippen molar-refractivity contribution in [1.29, 1.82) is 0 Å². The molecule has 0 bridgehead atoms. The molecule has 106 valence electrons. The second-order valence-corrected chi connectivity index (χ2v) is 5.56. The second kappa shape index (κ2) is 7.24. The van der Waals surface area contributed by atoms with Crippen molar-refractivity contribution in [2.24, 2.45) is 0 Å².